The van der Waals surface area contributed by atoms with Gasteiger partial charge in [-0.15, -0.1) is 11.3 Å². The third kappa shape index (κ3) is 4.51. The maximum atomic E-state index is 11.5. The van der Waals surface area contributed by atoms with Crippen molar-refractivity contribution in [2.24, 2.45) is 5.92 Å². The van der Waals surface area contributed by atoms with E-state index in [1.807, 2.05) is 0 Å². The summed E-state index contributed by atoms with van der Waals surface area (Å²) in [6, 6.07) is 0. The molecule has 0 N–H and O–H groups in total. The van der Waals surface area contributed by atoms with Crippen LogP contribution in [0.1, 0.15) is 57.2 Å². The average Bonchev–Trinajstić information content (AvgIpc) is 2.94. The van der Waals surface area contributed by atoms with E-state index in [9.17, 15) is 4.79 Å². The molecule has 0 atom stereocenters. The lowest BCUT2D eigenvalue weighted by molar-refractivity contribution is -0.147. The third-order valence-electron chi connectivity index (χ3n) is 3.87. The number of ether oxygens (including phenoxy) is 2. The summed E-state index contributed by atoms with van der Waals surface area (Å²) in [5, 5.41) is 3.23. The molecule has 0 saturated heterocycles. The lowest BCUT2D eigenvalue weighted by atomic mass is 9.87. The highest BCUT2D eigenvalue weighted by Gasteiger charge is 2.27. The van der Waals surface area contributed by atoms with E-state index in [1.54, 1.807) is 11.3 Å². The summed E-state index contributed by atoms with van der Waals surface area (Å²) >= 11 is 1.70. The summed E-state index contributed by atoms with van der Waals surface area (Å²) in [6.45, 7) is 7.08. The Balaban J connectivity index is 1.77. The van der Waals surface area contributed by atoms with Crippen LogP contribution in [0.25, 0.3) is 0 Å². The third-order valence-corrected chi connectivity index (χ3v) is 5.19. The van der Waals surface area contributed by atoms with Crippen LogP contribution < -0.4 is 0 Å². The van der Waals surface area contributed by atoms with Crippen molar-refractivity contribution in [3.63, 3.8) is 0 Å². The van der Waals surface area contributed by atoms with Crippen LogP contribution in [0.3, 0.4) is 0 Å². The second-order valence-corrected chi connectivity index (χ2v) is 7.56. The Morgan fingerprint density at radius 3 is 2.52 bits per heavy atom. The van der Waals surface area contributed by atoms with Gasteiger partial charge in [0.05, 0.1) is 36.4 Å². The molecular formula is C16H25NO3S. The Morgan fingerprint density at radius 2 is 2.00 bits per heavy atom. The maximum absolute atomic E-state index is 11.5. The van der Waals surface area contributed by atoms with E-state index in [-0.39, 0.29) is 23.4 Å². The average molecular weight is 311 g/mol. The van der Waals surface area contributed by atoms with Crippen LogP contribution in [-0.2, 0) is 26.3 Å². The lowest BCUT2D eigenvalue weighted by Crippen LogP contribution is -2.26. The van der Waals surface area contributed by atoms with E-state index in [4.69, 9.17) is 9.47 Å². The number of hydrogen-bond donors (Lipinski definition) is 0. The van der Waals surface area contributed by atoms with Crippen molar-refractivity contribution in [3.05, 3.63) is 16.1 Å². The van der Waals surface area contributed by atoms with Gasteiger partial charge in [-0.25, -0.2) is 4.98 Å². The number of rotatable bonds is 4. The van der Waals surface area contributed by atoms with E-state index in [2.05, 4.69) is 31.1 Å². The summed E-state index contributed by atoms with van der Waals surface area (Å²) in [5.41, 5.74) is 1.11. The van der Waals surface area contributed by atoms with Crippen molar-refractivity contribution in [2.45, 2.75) is 64.6 Å². The number of esters is 1. The van der Waals surface area contributed by atoms with E-state index >= 15 is 0 Å². The molecule has 0 bridgehead atoms. The number of carbonyl (C=O) groups excluding carboxylic acids is 1. The molecule has 0 spiro atoms. The fourth-order valence-electron chi connectivity index (χ4n) is 2.55. The molecular weight excluding hydrogens is 286 g/mol. The Labute approximate surface area is 130 Å². The van der Waals surface area contributed by atoms with E-state index in [0.717, 1.165) is 36.4 Å². The first kappa shape index (κ1) is 16.4. The van der Waals surface area contributed by atoms with Gasteiger partial charge >= 0.3 is 5.97 Å². The molecule has 1 aliphatic carbocycles. The number of methoxy groups -OCH3 is 1. The SMILES string of the molecule is COC(=O)C1CCC(OCc2csc(C(C)(C)C)n2)CC1. The normalized spacial score (nSPS) is 23.0. The van der Waals surface area contributed by atoms with Crippen molar-refractivity contribution in [3.8, 4) is 0 Å². The van der Waals surface area contributed by atoms with Gasteiger partial charge in [0.25, 0.3) is 0 Å². The number of aromatic nitrogens is 1. The van der Waals surface area contributed by atoms with E-state index < -0.39 is 0 Å². The van der Waals surface area contributed by atoms with Crippen LogP contribution in [0.2, 0.25) is 0 Å². The van der Waals surface area contributed by atoms with Gasteiger partial charge < -0.3 is 9.47 Å². The predicted molar refractivity (Wildman–Crippen MR) is 83.4 cm³/mol. The fourth-order valence-corrected chi connectivity index (χ4v) is 3.44. The Morgan fingerprint density at radius 1 is 1.33 bits per heavy atom. The second kappa shape index (κ2) is 6.88. The molecule has 1 aromatic heterocycles. The molecule has 118 valence electrons. The molecule has 21 heavy (non-hydrogen) atoms. The molecule has 1 aromatic rings. The zero-order chi connectivity index (χ0) is 15.5. The first-order chi connectivity index (χ1) is 9.90. The maximum Gasteiger partial charge on any atom is 0.308 e. The minimum Gasteiger partial charge on any atom is -0.469 e. The fraction of sp³-hybridized carbons (Fsp3) is 0.750. The van der Waals surface area contributed by atoms with Gasteiger partial charge in [0.15, 0.2) is 0 Å². The molecule has 1 fully saturated rings. The molecule has 1 heterocycles. The minimum atomic E-state index is -0.0808. The summed E-state index contributed by atoms with van der Waals surface area (Å²) in [4.78, 5) is 16.1. The van der Waals surface area contributed by atoms with Gasteiger partial charge in [-0.2, -0.15) is 0 Å². The minimum absolute atomic E-state index is 0.0571. The highest BCUT2D eigenvalue weighted by Crippen LogP contribution is 2.29. The number of hydrogen-bond acceptors (Lipinski definition) is 5. The summed E-state index contributed by atoms with van der Waals surface area (Å²) in [5.74, 6) is -0.0237. The van der Waals surface area contributed by atoms with Crippen LogP contribution in [0.4, 0.5) is 0 Å². The van der Waals surface area contributed by atoms with Crippen LogP contribution >= 0.6 is 11.3 Å². The zero-order valence-corrected chi connectivity index (χ0v) is 14.2. The largest absolute Gasteiger partial charge is 0.469 e. The Hall–Kier alpha value is -0.940. The van der Waals surface area contributed by atoms with Crippen LogP contribution in [0, 0.1) is 5.92 Å². The molecule has 4 nitrogen and oxygen atoms in total. The quantitative estimate of drug-likeness (QED) is 0.796. The van der Waals surface area contributed by atoms with Crippen molar-refractivity contribution in [1.29, 1.82) is 0 Å². The van der Waals surface area contributed by atoms with Crippen LogP contribution in [-0.4, -0.2) is 24.2 Å². The number of nitrogens with zero attached hydrogens (tertiary/aromatic N) is 1. The molecule has 1 aliphatic rings. The Kier molecular flexibility index (Phi) is 5.38. The Bertz CT molecular complexity index is 470. The molecule has 0 radical (unpaired) electrons. The molecule has 0 unspecified atom stereocenters. The molecule has 1 saturated carbocycles. The molecule has 2 rings (SSSR count). The molecule has 0 aromatic carbocycles. The topological polar surface area (TPSA) is 48.4 Å². The first-order valence-corrected chi connectivity index (χ1v) is 8.42. The van der Waals surface area contributed by atoms with E-state index in [0.29, 0.717) is 6.61 Å². The summed E-state index contributed by atoms with van der Waals surface area (Å²) in [6.07, 6.45) is 3.82. The molecule has 0 aliphatic heterocycles. The van der Waals surface area contributed by atoms with Gasteiger partial charge in [-0.1, -0.05) is 20.8 Å². The van der Waals surface area contributed by atoms with Gasteiger partial charge in [0.1, 0.15) is 0 Å². The molecule has 0 amide bonds. The van der Waals surface area contributed by atoms with Crippen LogP contribution in [0.5, 0.6) is 0 Å². The highest BCUT2D eigenvalue weighted by molar-refractivity contribution is 7.09. The predicted octanol–water partition coefficient (Wildman–Crippen LogP) is 3.69. The second-order valence-electron chi connectivity index (χ2n) is 6.70. The van der Waals surface area contributed by atoms with Crippen molar-refractivity contribution >= 4 is 17.3 Å². The van der Waals surface area contributed by atoms with Crippen molar-refractivity contribution < 1.29 is 14.3 Å². The van der Waals surface area contributed by atoms with Gasteiger partial charge in [-0.3, -0.25) is 4.79 Å². The summed E-state index contributed by atoms with van der Waals surface area (Å²) < 4.78 is 10.7. The van der Waals surface area contributed by atoms with Crippen molar-refractivity contribution in [1.82, 2.24) is 4.98 Å². The van der Waals surface area contributed by atoms with Gasteiger partial charge in [0.2, 0.25) is 0 Å². The van der Waals surface area contributed by atoms with Crippen molar-refractivity contribution in [2.75, 3.05) is 7.11 Å². The number of carbonyl (C=O) groups is 1. The van der Waals surface area contributed by atoms with Gasteiger partial charge in [0, 0.05) is 10.8 Å². The smallest absolute Gasteiger partial charge is 0.308 e. The number of thiazole rings is 1. The highest BCUT2D eigenvalue weighted by atomic mass is 32.1. The van der Waals surface area contributed by atoms with Gasteiger partial charge in [-0.05, 0) is 25.7 Å². The molecule has 5 heteroatoms. The first-order valence-electron chi connectivity index (χ1n) is 7.54. The monoisotopic (exact) mass is 311 g/mol. The zero-order valence-electron chi connectivity index (χ0n) is 13.3. The summed E-state index contributed by atoms with van der Waals surface area (Å²) in [7, 11) is 1.46. The van der Waals surface area contributed by atoms with Crippen LogP contribution in [0.15, 0.2) is 5.38 Å². The van der Waals surface area contributed by atoms with E-state index in [1.165, 1.54) is 7.11 Å². The standard InChI is InChI=1S/C16H25NO3S/c1-16(2,3)15-17-12(10-21-15)9-20-13-7-5-11(6-8-13)14(18)19-4/h10-11,13H,5-9H2,1-4H3. The lowest BCUT2D eigenvalue weighted by Gasteiger charge is -2.26.